The van der Waals surface area contributed by atoms with Crippen LogP contribution in [0.5, 0.6) is 11.5 Å². The van der Waals surface area contributed by atoms with Crippen LogP contribution in [0.4, 0.5) is 4.79 Å². The maximum absolute atomic E-state index is 13.1. The molecule has 10 heteroatoms. The Labute approximate surface area is 194 Å². The number of ether oxygens (including phenoxy) is 2. The number of fused-ring (bicyclic) bond motifs is 2. The van der Waals surface area contributed by atoms with Crippen LogP contribution in [0.1, 0.15) is 21.6 Å². The largest absolute Gasteiger partial charge is 0.496 e. The van der Waals surface area contributed by atoms with Gasteiger partial charge >= 0.3 is 6.09 Å². The lowest BCUT2D eigenvalue weighted by Crippen LogP contribution is -2.47. The maximum Gasteiger partial charge on any atom is 0.407 e. The van der Waals surface area contributed by atoms with Gasteiger partial charge in [0.25, 0.3) is 0 Å². The summed E-state index contributed by atoms with van der Waals surface area (Å²) in [5.74, 6) is 1.01. The van der Waals surface area contributed by atoms with Gasteiger partial charge < -0.3 is 19.5 Å². The molecular weight excluding hydrogens is 448 g/mol. The zero-order valence-electron chi connectivity index (χ0n) is 17.8. The quantitative estimate of drug-likeness (QED) is 0.563. The number of carbonyl (C=O) groups is 2. The van der Waals surface area contributed by atoms with E-state index in [0.717, 1.165) is 16.5 Å². The highest BCUT2D eigenvalue weighted by molar-refractivity contribution is 6.31. The molecule has 0 bridgehead atoms. The van der Waals surface area contributed by atoms with E-state index in [1.54, 1.807) is 37.5 Å². The van der Waals surface area contributed by atoms with Crippen molar-refractivity contribution in [1.29, 1.82) is 0 Å². The van der Waals surface area contributed by atoms with Gasteiger partial charge in [0.15, 0.2) is 5.76 Å². The molecule has 1 fully saturated rings. The number of carbonyl (C=O) groups excluding carboxylic acids is 1. The predicted octanol–water partition coefficient (Wildman–Crippen LogP) is 3.64. The van der Waals surface area contributed by atoms with E-state index < -0.39 is 6.09 Å². The SMILES string of the molecule is COc1ccc2c(c1CN1CCN(C(=O)O)CC1)O/C(=C\c1n[nH]c3ccc(Cl)cc13)C2=O. The molecule has 1 amide bonds. The molecule has 170 valence electrons. The second-order valence-corrected chi connectivity index (χ2v) is 8.34. The number of piperazine rings is 1. The van der Waals surface area contributed by atoms with Crippen molar-refractivity contribution in [3.05, 3.63) is 57.9 Å². The molecule has 0 unspecified atom stereocenters. The molecule has 2 aromatic carbocycles. The molecule has 2 aliphatic heterocycles. The molecule has 2 N–H and O–H groups in total. The predicted molar refractivity (Wildman–Crippen MR) is 122 cm³/mol. The normalized spacial score (nSPS) is 17.5. The van der Waals surface area contributed by atoms with Crippen LogP contribution in [0.2, 0.25) is 5.02 Å². The number of halogens is 1. The average Bonchev–Trinajstić information content (AvgIpc) is 3.35. The highest BCUT2D eigenvalue weighted by Gasteiger charge is 2.33. The Morgan fingerprint density at radius 1 is 1.27 bits per heavy atom. The number of amides is 1. The number of aromatic nitrogens is 2. The summed E-state index contributed by atoms with van der Waals surface area (Å²) in [7, 11) is 1.57. The number of nitrogens with zero attached hydrogens (tertiary/aromatic N) is 3. The van der Waals surface area contributed by atoms with Crippen molar-refractivity contribution in [3.63, 3.8) is 0 Å². The first-order valence-corrected chi connectivity index (χ1v) is 10.8. The van der Waals surface area contributed by atoms with Crippen LogP contribution < -0.4 is 9.47 Å². The summed E-state index contributed by atoms with van der Waals surface area (Å²) in [6.07, 6.45) is 0.697. The summed E-state index contributed by atoms with van der Waals surface area (Å²) in [5.41, 5.74) is 2.57. The molecule has 1 aromatic heterocycles. The lowest BCUT2D eigenvalue weighted by Gasteiger charge is -2.33. The van der Waals surface area contributed by atoms with Gasteiger partial charge in [-0.15, -0.1) is 0 Å². The Hall–Kier alpha value is -3.56. The van der Waals surface area contributed by atoms with Crippen LogP contribution in [0.3, 0.4) is 0 Å². The summed E-state index contributed by atoms with van der Waals surface area (Å²) in [6, 6.07) is 8.83. The van der Waals surface area contributed by atoms with E-state index in [9.17, 15) is 14.7 Å². The Morgan fingerprint density at radius 3 is 2.79 bits per heavy atom. The lowest BCUT2D eigenvalue weighted by molar-refractivity contribution is 0.101. The molecule has 33 heavy (non-hydrogen) atoms. The monoisotopic (exact) mass is 468 g/mol. The van der Waals surface area contributed by atoms with Crippen LogP contribution >= 0.6 is 11.6 Å². The number of allylic oxidation sites excluding steroid dienone is 1. The number of carboxylic acid groups (broad SMARTS) is 1. The van der Waals surface area contributed by atoms with Gasteiger partial charge in [-0.1, -0.05) is 11.6 Å². The van der Waals surface area contributed by atoms with E-state index >= 15 is 0 Å². The van der Waals surface area contributed by atoms with Crippen molar-refractivity contribution >= 4 is 40.5 Å². The van der Waals surface area contributed by atoms with Gasteiger partial charge in [-0.3, -0.25) is 14.8 Å². The number of Topliss-reactive ketones (excluding diaryl/α,β-unsaturated/α-hetero) is 1. The summed E-state index contributed by atoms with van der Waals surface area (Å²) in [4.78, 5) is 27.8. The third-order valence-corrected chi connectivity index (χ3v) is 6.20. The Bertz CT molecular complexity index is 1290. The highest BCUT2D eigenvalue weighted by Crippen LogP contribution is 2.41. The summed E-state index contributed by atoms with van der Waals surface area (Å²) >= 11 is 6.12. The van der Waals surface area contributed by atoms with Crippen LogP contribution in [0.25, 0.3) is 17.0 Å². The van der Waals surface area contributed by atoms with E-state index in [1.807, 2.05) is 6.07 Å². The minimum Gasteiger partial charge on any atom is -0.496 e. The number of ketones is 1. The third-order valence-electron chi connectivity index (χ3n) is 5.96. The van der Waals surface area contributed by atoms with Gasteiger partial charge in [0.2, 0.25) is 5.78 Å². The molecule has 3 aromatic rings. The van der Waals surface area contributed by atoms with Crippen molar-refractivity contribution in [2.45, 2.75) is 6.54 Å². The molecule has 9 nitrogen and oxygen atoms in total. The van der Waals surface area contributed by atoms with Gasteiger partial charge in [0.05, 0.1) is 29.4 Å². The summed E-state index contributed by atoms with van der Waals surface area (Å²) in [5, 5.41) is 17.8. The summed E-state index contributed by atoms with van der Waals surface area (Å²) < 4.78 is 11.6. The molecule has 2 aliphatic rings. The first kappa shape index (κ1) is 21.3. The lowest BCUT2D eigenvalue weighted by atomic mass is 10.0. The second-order valence-electron chi connectivity index (χ2n) is 7.91. The first-order chi connectivity index (χ1) is 15.9. The van der Waals surface area contributed by atoms with Gasteiger partial charge in [0, 0.05) is 49.2 Å². The average molecular weight is 469 g/mol. The molecule has 0 radical (unpaired) electrons. The fraction of sp³-hybridized carbons (Fsp3) is 0.261. The Morgan fingerprint density at radius 2 is 2.06 bits per heavy atom. The number of aromatic amines is 1. The molecule has 0 aliphatic carbocycles. The van der Waals surface area contributed by atoms with Crippen LogP contribution in [-0.4, -0.2) is 70.3 Å². The molecule has 5 rings (SSSR count). The van der Waals surface area contributed by atoms with Crippen LogP contribution in [0.15, 0.2) is 36.1 Å². The van der Waals surface area contributed by atoms with E-state index in [4.69, 9.17) is 21.1 Å². The topological polar surface area (TPSA) is 108 Å². The van der Waals surface area contributed by atoms with Gasteiger partial charge in [-0.25, -0.2) is 4.79 Å². The highest BCUT2D eigenvalue weighted by atomic mass is 35.5. The smallest absolute Gasteiger partial charge is 0.407 e. The Kier molecular flexibility index (Phi) is 5.43. The van der Waals surface area contributed by atoms with Crippen molar-refractivity contribution in [1.82, 2.24) is 20.0 Å². The molecular formula is C23H21ClN4O5. The number of H-pyrrole nitrogens is 1. The number of rotatable bonds is 4. The second kappa shape index (κ2) is 8.42. The third kappa shape index (κ3) is 3.90. The summed E-state index contributed by atoms with van der Waals surface area (Å²) in [6.45, 7) is 2.48. The zero-order chi connectivity index (χ0) is 23.1. The number of methoxy groups -OCH3 is 1. The van der Waals surface area contributed by atoms with E-state index in [0.29, 0.717) is 60.5 Å². The zero-order valence-corrected chi connectivity index (χ0v) is 18.6. The Balaban J connectivity index is 1.45. The first-order valence-electron chi connectivity index (χ1n) is 10.4. The van der Waals surface area contributed by atoms with E-state index in [1.165, 1.54) is 4.90 Å². The van der Waals surface area contributed by atoms with Crippen molar-refractivity contribution in [2.24, 2.45) is 0 Å². The molecule has 1 saturated heterocycles. The number of benzene rings is 2. The van der Waals surface area contributed by atoms with Crippen molar-refractivity contribution in [3.8, 4) is 11.5 Å². The van der Waals surface area contributed by atoms with Gasteiger partial charge in [-0.05, 0) is 30.3 Å². The fourth-order valence-corrected chi connectivity index (χ4v) is 4.36. The van der Waals surface area contributed by atoms with Crippen molar-refractivity contribution in [2.75, 3.05) is 33.3 Å². The van der Waals surface area contributed by atoms with Gasteiger partial charge in [0.1, 0.15) is 11.5 Å². The van der Waals surface area contributed by atoms with Crippen LogP contribution in [-0.2, 0) is 6.54 Å². The molecule has 0 spiro atoms. The molecule has 0 saturated carbocycles. The number of hydrogen-bond donors (Lipinski definition) is 2. The molecule has 0 atom stereocenters. The molecule has 3 heterocycles. The van der Waals surface area contributed by atoms with E-state index in [-0.39, 0.29) is 11.5 Å². The number of nitrogens with one attached hydrogen (secondary N) is 1. The van der Waals surface area contributed by atoms with Crippen LogP contribution in [0, 0.1) is 0 Å². The fourth-order valence-electron chi connectivity index (χ4n) is 4.19. The minimum atomic E-state index is -0.913. The van der Waals surface area contributed by atoms with Gasteiger partial charge in [-0.2, -0.15) is 5.10 Å². The minimum absolute atomic E-state index is 0.170. The van der Waals surface area contributed by atoms with E-state index in [2.05, 4.69) is 15.1 Å². The standard InChI is InChI=1S/C23H21ClN4O5/c1-32-19-5-3-14-21(29)20(11-18-15-10-13(24)2-4-17(15)25-26-18)33-22(14)16(19)12-27-6-8-28(9-7-27)23(30)31/h2-5,10-11H,6-9,12H2,1H3,(H,25,26)(H,30,31)/b20-11-. The number of hydrogen-bond acceptors (Lipinski definition) is 6. The van der Waals surface area contributed by atoms with Crippen molar-refractivity contribution < 1.29 is 24.2 Å². The maximum atomic E-state index is 13.1.